The van der Waals surface area contributed by atoms with Gasteiger partial charge in [0, 0.05) is 35.1 Å². The van der Waals surface area contributed by atoms with Gasteiger partial charge in [-0.1, -0.05) is 94.8 Å². The lowest BCUT2D eigenvalue weighted by atomic mass is 9.74. The van der Waals surface area contributed by atoms with Crippen LogP contribution in [0.3, 0.4) is 0 Å². The summed E-state index contributed by atoms with van der Waals surface area (Å²) in [6, 6.07) is 21.5. The second-order valence-electron chi connectivity index (χ2n) is 14.4. The van der Waals surface area contributed by atoms with E-state index in [1.165, 1.54) is 61.8 Å². The molecular formula is C47H54O6. The Kier molecular flexibility index (Phi) is 13.4. The van der Waals surface area contributed by atoms with Crippen LogP contribution >= 0.6 is 0 Å². The number of fused-ring (bicyclic) bond motifs is 4. The Balaban J connectivity index is 1.11. The molecule has 6 heteroatoms. The first-order valence-corrected chi connectivity index (χ1v) is 19.8. The van der Waals surface area contributed by atoms with Crippen molar-refractivity contribution in [3.8, 4) is 17.2 Å². The highest BCUT2D eigenvalue weighted by Gasteiger charge is 2.51. The van der Waals surface area contributed by atoms with Crippen LogP contribution in [0.1, 0.15) is 120 Å². The number of aryl methyl sites for hydroxylation is 1. The van der Waals surface area contributed by atoms with E-state index in [2.05, 4.69) is 26.0 Å². The summed E-state index contributed by atoms with van der Waals surface area (Å²) in [5.74, 6) is 2.18. The standard InChI is InChI=1S/C47H54O6/c1-3-5-7-9-33-50-39-23-17-35(18-24-39)21-27-43(48)52-41-15-11-13-37-29-31-47(45(37)41)32-30-38-14-12-16-42(46(38)47)53-44(49)28-22-36-19-25-40(26-20-36)51-34-10-8-6-4-2/h11,13-15,17-28H,3-10,12,16,29-34H2,1-2H3/b27-21+,28-22+/t47-/m1/s1. The number of benzene rings is 3. The molecule has 0 aliphatic heterocycles. The highest BCUT2D eigenvalue weighted by Crippen LogP contribution is 2.60. The molecule has 0 unspecified atom stereocenters. The van der Waals surface area contributed by atoms with Crippen molar-refractivity contribution in [2.24, 2.45) is 0 Å². The summed E-state index contributed by atoms with van der Waals surface area (Å²) in [7, 11) is 0. The van der Waals surface area contributed by atoms with E-state index in [0.717, 1.165) is 84.5 Å². The van der Waals surface area contributed by atoms with Gasteiger partial charge in [0.05, 0.1) is 13.2 Å². The van der Waals surface area contributed by atoms with E-state index < -0.39 is 5.97 Å². The maximum absolute atomic E-state index is 13.2. The summed E-state index contributed by atoms with van der Waals surface area (Å²) >= 11 is 0. The Morgan fingerprint density at radius 2 is 1.25 bits per heavy atom. The van der Waals surface area contributed by atoms with Crippen molar-refractivity contribution in [3.05, 3.63) is 124 Å². The Morgan fingerprint density at radius 1 is 0.660 bits per heavy atom. The van der Waals surface area contributed by atoms with Gasteiger partial charge in [-0.15, -0.1) is 0 Å². The largest absolute Gasteiger partial charge is 0.494 e. The number of ether oxygens (including phenoxy) is 4. The minimum absolute atomic E-state index is 0.361. The summed E-state index contributed by atoms with van der Waals surface area (Å²) in [5, 5.41) is 0. The zero-order chi connectivity index (χ0) is 36.9. The van der Waals surface area contributed by atoms with Crippen molar-refractivity contribution in [3.63, 3.8) is 0 Å². The Morgan fingerprint density at radius 3 is 1.85 bits per heavy atom. The molecule has 3 aliphatic carbocycles. The lowest BCUT2D eigenvalue weighted by molar-refractivity contribution is -0.134. The van der Waals surface area contributed by atoms with Crippen LogP contribution in [0, 0.1) is 0 Å². The van der Waals surface area contributed by atoms with Crippen LogP contribution in [0.2, 0.25) is 0 Å². The van der Waals surface area contributed by atoms with Gasteiger partial charge in [-0.3, -0.25) is 0 Å². The molecule has 1 spiro atoms. The van der Waals surface area contributed by atoms with E-state index in [4.69, 9.17) is 18.9 Å². The van der Waals surface area contributed by atoms with E-state index in [0.29, 0.717) is 25.4 Å². The number of hydrogen-bond acceptors (Lipinski definition) is 6. The number of carbonyl (C=O) groups excluding carboxylic acids is 2. The van der Waals surface area contributed by atoms with Gasteiger partial charge < -0.3 is 18.9 Å². The summed E-state index contributed by atoms with van der Waals surface area (Å²) < 4.78 is 24.0. The molecule has 3 aromatic carbocycles. The molecule has 0 bridgehead atoms. The number of allylic oxidation sites excluding steroid dienone is 4. The van der Waals surface area contributed by atoms with Crippen LogP contribution in [0.5, 0.6) is 17.2 Å². The van der Waals surface area contributed by atoms with E-state index in [1.807, 2.05) is 60.7 Å². The van der Waals surface area contributed by atoms with E-state index in [1.54, 1.807) is 12.2 Å². The summed E-state index contributed by atoms with van der Waals surface area (Å²) in [6.45, 7) is 5.83. The van der Waals surface area contributed by atoms with Gasteiger partial charge in [-0.05, 0) is 110 Å². The molecule has 0 aromatic heterocycles. The third kappa shape index (κ3) is 9.78. The van der Waals surface area contributed by atoms with Crippen LogP contribution < -0.4 is 14.2 Å². The molecule has 6 nitrogen and oxygen atoms in total. The smallest absolute Gasteiger partial charge is 0.336 e. The van der Waals surface area contributed by atoms with Gasteiger partial charge in [-0.2, -0.15) is 0 Å². The van der Waals surface area contributed by atoms with Crippen molar-refractivity contribution < 1.29 is 28.5 Å². The van der Waals surface area contributed by atoms with Crippen molar-refractivity contribution >= 4 is 24.1 Å². The number of esters is 2. The molecule has 0 heterocycles. The van der Waals surface area contributed by atoms with Gasteiger partial charge in [0.25, 0.3) is 0 Å². The van der Waals surface area contributed by atoms with Crippen molar-refractivity contribution in [1.82, 2.24) is 0 Å². The van der Waals surface area contributed by atoms with Crippen LogP contribution in [-0.4, -0.2) is 25.2 Å². The van der Waals surface area contributed by atoms with E-state index in [-0.39, 0.29) is 11.4 Å². The predicted octanol–water partition coefficient (Wildman–Crippen LogP) is 11.4. The second-order valence-corrected chi connectivity index (χ2v) is 14.4. The number of rotatable bonds is 18. The minimum atomic E-state index is -0.425. The molecule has 0 saturated heterocycles. The molecule has 1 saturated carbocycles. The summed E-state index contributed by atoms with van der Waals surface area (Å²) in [6.07, 6.45) is 23.2. The molecule has 0 radical (unpaired) electrons. The van der Waals surface area contributed by atoms with E-state index in [9.17, 15) is 9.59 Å². The molecule has 1 atom stereocenters. The average molecular weight is 715 g/mol. The maximum atomic E-state index is 13.2. The van der Waals surface area contributed by atoms with Gasteiger partial charge in [0.1, 0.15) is 23.0 Å². The predicted molar refractivity (Wildman–Crippen MR) is 212 cm³/mol. The Bertz CT molecular complexity index is 1830. The molecule has 3 aliphatic rings. The fourth-order valence-corrected chi connectivity index (χ4v) is 7.96. The summed E-state index contributed by atoms with van der Waals surface area (Å²) in [4.78, 5) is 26.5. The van der Waals surface area contributed by atoms with Crippen molar-refractivity contribution in [1.29, 1.82) is 0 Å². The van der Waals surface area contributed by atoms with Crippen LogP contribution in [-0.2, 0) is 26.2 Å². The quantitative estimate of drug-likeness (QED) is 0.0565. The average Bonchev–Trinajstić information content (AvgIpc) is 3.75. The first kappa shape index (κ1) is 37.9. The maximum Gasteiger partial charge on any atom is 0.336 e. The molecule has 278 valence electrons. The van der Waals surface area contributed by atoms with Crippen molar-refractivity contribution in [2.75, 3.05) is 13.2 Å². The number of hydrogen-bond donors (Lipinski definition) is 0. The first-order chi connectivity index (χ1) is 26.0. The van der Waals surface area contributed by atoms with Crippen LogP contribution in [0.25, 0.3) is 12.2 Å². The van der Waals surface area contributed by atoms with Gasteiger partial charge in [-0.25, -0.2) is 9.59 Å². The number of carbonyl (C=O) groups is 2. The van der Waals surface area contributed by atoms with Crippen molar-refractivity contribution in [2.45, 2.75) is 109 Å². The molecule has 0 N–H and O–H groups in total. The fraction of sp³-hybridized carbons (Fsp3) is 0.404. The van der Waals surface area contributed by atoms with Gasteiger partial charge in [0.15, 0.2) is 0 Å². The summed E-state index contributed by atoms with van der Waals surface area (Å²) in [5.41, 5.74) is 6.03. The third-order valence-electron chi connectivity index (χ3n) is 10.6. The zero-order valence-corrected chi connectivity index (χ0v) is 31.5. The normalized spacial score (nSPS) is 17.7. The van der Waals surface area contributed by atoms with Crippen LogP contribution in [0.15, 0.2) is 102 Å². The number of unbranched alkanes of at least 4 members (excludes halogenated alkanes) is 6. The Labute approximate surface area is 315 Å². The topological polar surface area (TPSA) is 71.1 Å². The highest BCUT2D eigenvalue weighted by molar-refractivity contribution is 5.89. The Hall–Kier alpha value is -4.84. The fourth-order valence-electron chi connectivity index (χ4n) is 7.96. The van der Waals surface area contributed by atoms with Crippen LogP contribution in [0.4, 0.5) is 0 Å². The van der Waals surface area contributed by atoms with Gasteiger partial charge in [0.2, 0.25) is 0 Å². The van der Waals surface area contributed by atoms with Gasteiger partial charge >= 0.3 is 11.9 Å². The second kappa shape index (κ2) is 18.8. The zero-order valence-electron chi connectivity index (χ0n) is 31.5. The SMILES string of the molecule is CCCCCCOc1ccc(/C=C/C(=O)OC2=C3C(=CCC2)CC[C@@]32CCc3cccc(OC(=O)/C=C/c4ccc(OCCCCCC)cc4)c32)cc1. The molecule has 1 fully saturated rings. The third-order valence-corrected chi connectivity index (χ3v) is 10.6. The molecule has 6 rings (SSSR count). The lowest BCUT2D eigenvalue weighted by Gasteiger charge is -2.31. The monoisotopic (exact) mass is 714 g/mol. The molecule has 0 amide bonds. The highest BCUT2D eigenvalue weighted by atomic mass is 16.5. The first-order valence-electron chi connectivity index (χ1n) is 19.8. The minimum Gasteiger partial charge on any atom is -0.494 e. The lowest BCUT2D eigenvalue weighted by Crippen LogP contribution is -2.25. The van der Waals surface area contributed by atoms with E-state index >= 15 is 0 Å². The molecular weight excluding hydrogens is 661 g/mol. The molecule has 3 aromatic rings. The molecule has 53 heavy (non-hydrogen) atoms.